The molecule has 3 rings (SSSR count). The third-order valence-corrected chi connectivity index (χ3v) is 7.48. The summed E-state index contributed by atoms with van der Waals surface area (Å²) in [5, 5.41) is 13.1. The standard InChI is InChI=1S/C22H30F3N2O5P/c1-3-14(4-2)27-12-16(21(29)22(24,25)33(30,31)32)20(28)15-10-17(23)18(11-19(15)27)26-13-8-6-5-7-9-13/h10-14,21,26,29H,3-9H2,1-2H3,(H2,30,31,32). The van der Waals surface area contributed by atoms with Gasteiger partial charge in [0.1, 0.15) is 5.82 Å². The fourth-order valence-corrected chi connectivity index (χ4v) is 4.95. The summed E-state index contributed by atoms with van der Waals surface area (Å²) in [6, 6.07) is 2.21. The normalized spacial score (nSPS) is 17.0. The minimum absolute atomic E-state index is 0.0852. The topological polar surface area (TPSA) is 112 Å². The summed E-state index contributed by atoms with van der Waals surface area (Å²) in [5.41, 5.74) is -6.38. The Bertz CT molecular complexity index is 1110. The first-order valence-electron chi connectivity index (χ1n) is 11.2. The number of hydrogen-bond acceptors (Lipinski definition) is 4. The fraction of sp³-hybridized carbons (Fsp3) is 0.591. The van der Waals surface area contributed by atoms with Crippen molar-refractivity contribution in [3.8, 4) is 0 Å². The number of benzene rings is 1. The summed E-state index contributed by atoms with van der Waals surface area (Å²) < 4.78 is 56.2. The maximum Gasteiger partial charge on any atom is 0.397 e. The van der Waals surface area contributed by atoms with E-state index in [2.05, 4.69) is 5.32 Å². The number of hydrogen-bond donors (Lipinski definition) is 4. The Kier molecular flexibility index (Phi) is 7.63. The quantitative estimate of drug-likeness (QED) is 0.386. The second kappa shape index (κ2) is 9.78. The molecular weight excluding hydrogens is 460 g/mol. The van der Waals surface area contributed by atoms with Crippen molar-refractivity contribution in [2.45, 2.75) is 82.6 Å². The molecule has 0 saturated heterocycles. The lowest BCUT2D eigenvalue weighted by atomic mass is 9.95. The molecule has 33 heavy (non-hydrogen) atoms. The van der Waals surface area contributed by atoms with Crippen molar-refractivity contribution in [1.82, 2.24) is 4.57 Å². The molecule has 1 atom stereocenters. The molecule has 1 fully saturated rings. The van der Waals surface area contributed by atoms with Gasteiger partial charge in [0, 0.05) is 23.7 Å². The number of alkyl halides is 2. The third kappa shape index (κ3) is 4.99. The van der Waals surface area contributed by atoms with Crippen molar-refractivity contribution < 1.29 is 32.6 Å². The van der Waals surface area contributed by atoms with Crippen LogP contribution >= 0.6 is 7.60 Å². The molecule has 4 N–H and O–H groups in total. The molecule has 7 nitrogen and oxygen atoms in total. The number of aliphatic hydroxyl groups is 1. The predicted molar refractivity (Wildman–Crippen MR) is 120 cm³/mol. The highest BCUT2D eigenvalue weighted by Gasteiger charge is 2.56. The molecule has 1 saturated carbocycles. The number of pyridine rings is 1. The van der Waals surface area contributed by atoms with Gasteiger partial charge in [-0.05, 0) is 37.8 Å². The molecule has 1 heterocycles. The summed E-state index contributed by atoms with van der Waals surface area (Å²) in [4.78, 5) is 31.0. The van der Waals surface area contributed by atoms with Crippen molar-refractivity contribution >= 4 is 24.2 Å². The largest absolute Gasteiger partial charge is 0.397 e. The Morgan fingerprint density at radius 1 is 1.18 bits per heavy atom. The molecule has 0 amide bonds. The number of nitrogens with zero attached hydrogens (tertiary/aromatic N) is 1. The van der Waals surface area contributed by atoms with Gasteiger partial charge in [-0.25, -0.2) is 4.39 Å². The summed E-state index contributed by atoms with van der Waals surface area (Å²) in [5.74, 6) is -0.741. The lowest BCUT2D eigenvalue weighted by molar-refractivity contribution is -0.0613. The number of aliphatic hydroxyl groups excluding tert-OH is 1. The minimum atomic E-state index is -6.08. The molecule has 2 aromatic rings. The van der Waals surface area contributed by atoms with Gasteiger partial charge < -0.3 is 24.8 Å². The SMILES string of the molecule is CCC(CC)n1cc(C(O)C(F)(F)P(=O)(O)O)c(=O)c2cc(F)c(NC3CCCCC3)cc21. The van der Waals surface area contributed by atoms with Crippen LogP contribution in [0.25, 0.3) is 10.9 Å². The van der Waals surface area contributed by atoms with E-state index in [1.54, 1.807) is 0 Å². The van der Waals surface area contributed by atoms with Gasteiger partial charge in [-0.15, -0.1) is 0 Å². The molecule has 1 aliphatic carbocycles. The van der Waals surface area contributed by atoms with E-state index in [9.17, 15) is 27.6 Å². The van der Waals surface area contributed by atoms with E-state index in [0.29, 0.717) is 18.4 Å². The number of rotatable bonds is 8. The predicted octanol–water partition coefficient (Wildman–Crippen LogP) is 5.05. The molecule has 1 aliphatic rings. The van der Waals surface area contributed by atoms with E-state index >= 15 is 0 Å². The Balaban J connectivity index is 2.22. The van der Waals surface area contributed by atoms with Gasteiger partial charge in [0.2, 0.25) is 0 Å². The van der Waals surface area contributed by atoms with Crippen molar-refractivity contribution in [3.05, 3.63) is 39.9 Å². The number of fused-ring (bicyclic) bond motifs is 1. The first-order valence-corrected chi connectivity index (χ1v) is 12.8. The molecule has 184 valence electrons. The van der Waals surface area contributed by atoms with Gasteiger partial charge in [0.25, 0.3) is 0 Å². The van der Waals surface area contributed by atoms with Crippen LogP contribution < -0.4 is 10.7 Å². The van der Waals surface area contributed by atoms with E-state index in [1.807, 2.05) is 13.8 Å². The van der Waals surface area contributed by atoms with E-state index in [1.165, 1.54) is 10.6 Å². The summed E-state index contributed by atoms with van der Waals surface area (Å²) in [6.45, 7) is 3.70. The summed E-state index contributed by atoms with van der Waals surface area (Å²) in [6.07, 6.45) is 4.00. The van der Waals surface area contributed by atoms with Crippen molar-refractivity contribution in [1.29, 1.82) is 0 Å². The number of anilines is 1. The summed E-state index contributed by atoms with van der Waals surface area (Å²) >= 11 is 0. The van der Waals surface area contributed by atoms with E-state index in [-0.39, 0.29) is 23.2 Å². The van der Waals surface area contributed by atoms with Crippen LogP contribution in [0.3, 0.4) is 0 Å². The average Bonchev–Trinajstić information content (AvgIpc) is 2.76. The molecule has 1 aromatic heterocycles. The zero-order valence-corrected chi connectivity index (χ0v) is 19.5. The van der Waals surface area contributed by atoms with Crippen molar-refractivity contribution in [2.75, 3.05) is 5.32 Å². The Morgan fingerprint density at radius 2 is 1.79 bits per heavy atom. The zero-order chi connectivity index (χ0) is 24.6. The average molecular weight is 490 g/mol. The molecule has 0 bridgehead atoms. The number of halogens is 3. The molecular formula is C22H30F3N2O5P. The lowest BCUT2D eigenvalue weighted by Crippen LogP contribution is -2.31. The van der Waals surface area contributed by atoms with Gasteiger partial charge in [0.05, 0.1) is 16.8 Å². The van der Waals surface area contributed by atoms with Crippen molar-refractivity contribution in [2.24, 2.45) is 0 Å². The van der Waals surface area contributed by atoms with Crippen LogP contribution in [0.2, 0.25) is 0 Å². The molecule has 0 aliphatic heterocycles. The van der Waals surface area contributed by atoms with E-state index in [4.69, 9.17) is 9.79 Å². The van der Waals surface area contributed by atoms with Crippen LogP contribution in [0.4, 0.5) is 18.9 Å². The van der Waals surface area contributed by atoms with Gasteiger partial charge in [-0.2, -0.15) is 8.78 Å². The molecule has 0 radical (unpaired) electrons. The highest BCUT2D eigenvalue weighted by atomic mass is 31.2. The second-order valence-electron chi connectivity index (χ2n) is 8.65. The summed E-state index contributed by atoms with van der Waals surface area (Å²) in [7, 11) is -6.08. The maximum atomic E-state index is 15.0. The van der Waals surface area contributed by atoms with Gasteiger partial charge in [-0.1, -0.05) is 33.1 Å². The van der Waals surface area contributed by atoms with Gasteiger partial charge in [-0.3, -0.25) is 9.36 Å². The molecule has 11 heteroatoms. The first kappa shape index (κ1) is 25.7. The van der Waals surface area contributed by atoms with Gasteiger partial charge >= 0.3 is 13.3 Å². The Morgan fingerprint density at radius 3 is 2.33 bits per heavy atom. The minimum Gasteiger partial charge on any atom is -0.381 e. The Hall–Kier alpha value is -1.87. The molecule has 1 unspecified atom stereocenters. The van der Waals surface area contributed by atoms with E-state index < -0.39 is 36.2 Å². The Labute approximate surface area is 189 Å². The zero-order valence-electron chi connectivity index (χ0n) is 18.6. The first-order chi connectivity index (χ1) is 15.4. The van der Waals surface area contributed by atoms with E-state index in [0.717, 1.165) is 44.4 Å². The monoisotopic (exact) mass is 490 g/mol. The van der Waals surface area contributed by atoms with Crippen LogP contribution in [0.1, 0.15) is 76.5 Å². The van der Waals surface area contributed by atoms with Crippen molar-refractivity contribution in [3.63, 3.8) is 0 Å². The maximum absolute atomic E-state index is 15.0. The molecule has 1 aromatic carbocycles. The van der Waals surface area contributed by atoms with Crippen LogP contribution in [-0.2, 0) is 4.57 Å². The number of aromatic nitrogens is 1. The van der Waals surface area contributed by atoms with Gasteiger partial charge in [0.15, 0.2) is 11.5 Å². The van der Waals surface area contributed by atoms with Crippen LogP contribution in [0, 0.1) is 5.82 Å². The molecule has 0 spiro atoms. The van der Waals surface area contributed by atoms with Crippen LogP contribution in [0.15, 0.2) is 23.1 Å². The fourth-order valence-electron chi connectivity index (χ4n) is 4.49. The van der Waals surface area contributed by atoms with Crippen LogP contribution in [-0.4, -0.2) is 31.2 Å². The lowest BCUT2D eigenvalue weighted by Gasteiger charge is -2.27. The third-order valence-electron chi connectivity index (χ3n) is 6.46. The number of nitrogens with one attached hydrogen (secondary N) is 1. The van der Waals surface area contributed by atoms with Crippen LogP contribution in [0.5, 0.6) is 0 Å². The smallest absolute Gasteiger partial charge is 0.381 e. The highest BCUT2D eigenvalue weighted by Crippen LogP contribution is 2.58. The second-order valence-corrected chi connectivity index (χ2v) is 10.3. The highest BCUT2D eigenvalue weighted by molar-refractivity contribution is 7.53.